The first-order chi connectivity index (χ1) is 16.0. The van der Waals surface area contributed by atoms with Crippen molar-refractivity contribution in [2.45, 2.75) is 50.7 Å². The van der Waals surface area contributed by atoms with Gasteiger partial charge in [-0.05, 0) is 69.3 Å². The van der Waals surface area contributed by atoms with Gasteiger partial charge in [-0.3, -0.25) is 4.68 Å². The highest BCUT2D eigenvalue weighted by Gasteiger charge is 2.27. The van der Waals surface area contributed by atoms with Crippen LogP contribution in [0.3, 0.4) is 0 Å². The number of hydrogen-bond donors (Lipinski definition) is 2. The Balaban J connectivity index is 1.30. The molecule has 1 aromatic carbocycles. The van der Waals surface area contributed by atoms with Crippen LogP contribution < -0.4 is 5.32 Å². The molecule has 2 N–H and O–H groups in total. The second-order valence-electron chi connectivity index (χ2n) is 9.25. The van der Waals surface area contributed by atoms with Gasteiger partial charge in [0.05, 0.1) is 41.8 Å². The number of fused-ring (bicyclic) bond motifs is 1. The number of aliphatic hydroxyl groups is 1. The van der Waals surface area contributed by atoms with E-state index in [1.54, 1.807) is 7.11 Å². The van der Waals surface area contributed by atoms with Crippen LogP contribution in [0.15, 0.2) is 24.5 Å². The quantitative estimate of drug-likeness (QED) is 0.513. The third kappa shape index (κ3) is 4.99. The Bertz CT molecular complexity index is 1120. The summed E-state index contributed by atoms with van der Waals surface area (Å²) in [5.74, 6) is 0.944. The number of halogens is 1. The molecular formula is C24H31ClN6O2. The topological polar surface area (TPSA) is 88.3 Å². The summed E-state index contributed by atoms with van der Waals surface area (Å²) >= 11 is 6.67. The molecular weight excluding hydrogens is 440 g/mol. The Morgan fingerprint density at radius 1 is 1.21 bits per heavy atom. The highest BCUT2D eigenvalue weighted by molar-refractivity contribution is 6.32. The molecule has 1 atom stereocenters. The predicted molar refractivity (Wildman–Crippen MR) is 129 cm³/mol. The third-order valence-corrected chi connectivity index (χ3v) is 7.06. The van der Waals surface area contributed by atoms with Crippen molar-refractivity contribution in [3.05, 3.63) is 40.8 Å². The molecule has 0 bridgehead atoms. The monoisotopic (exact) mass is 470 g/mol. The van der Waals surface area contributed by atoms with Gasteiger partial charge in [0.1, 0.15) is 0 Å². The molecule has 9 heteroatoms. The van der Waals surface area contributed by atoms with Crippen molar-refractivity contribution in [3.8, 4) is 0 Å². The van der Waals surface area contributed by atoms with Crippen molar-refractivity contribution in [3.63, 3.8) is 0 Å². The van der Waals surface area contributed by atoms with Gasteiger partial charge in [-0.2, -0.15) is 5.10 Å². The maximum atomic E-state index is 10.0. The first kappa shape index (κ1) is 22.5. The summed E-state index contributed by atoms with van der Waals surface area (Å²) in [5, 5.41) is 19.6. The minimum absolute atomic E-state index is 0.368. The van der Waals surface area contributed by atoms with Crippen LogP contribution in [0.4, 0.5) is 11.6 Å². The normalized spacial score (nSPS) is 18.7. The second-order valence-corrected chi connectivity index (χ2v) is 9.66. The fraction of sp³-hybridized carbons (Fsp3) is 0.542. The van der Waals surface area contributed by atoms with E-state index in [4.69, 9.17) is 21.3 Å². The summed E-state index contributed by atoms with van der Waals surface area (Å²) in [5.41, 5.74) is 4.08. The van der Waals surface area contributed by atoms with Crippen LogP contribution in [-0.4, -0.2) is 69.2 Å². The molecule has 0 amide bonds. The smallest absolute Gasteiger partial charge is 0.227 e. The van der Waals surface area contributed by atoms with Crippen molar-refractivity contribution >= 4 is 34.1 Å². The molecule has 0 radical (unpaired) electrons. The molecule has 1 aliphatic carbocycles. The van der Waals surface area contributed by atoms with E-state index in [0.717, 1.165) is 58.8 Å². The van der Waals surface area contributed by atoms with Gasteiger partial charge in [-0.25, -0.2) is 9.97 Å². The van der Waals surface area contributed by atoms with Gasteiger partial charge in [0.25, 0.3) is 0 Å². The number of aliphatic hydroxyl groups excluding tert-OH is 1. The fourth-order valence-electron chi connectivity index (χ4n) is 4.76. The van der Waals surface area contributed by atoms with Gasteiger partial charge >= 0.3 is 0 Å². The number of ether oxygens (including phenoxy) is 1. The van der Waals surface area contributed by atoms with E-state index in [9.17, 15) is 5.11 Å². The number of likely N-dealkylation sites (tertiary alicyclic amines) is 1. The maximum Gasteiger partial charge on any atom is 0.227 e. The molecule has 0 unspecified atom stereocenters. The zero-order chi connectivity index (χ0) is 22.9. The first-order valence-electron chi connectivity index (χ1n) is 11.7. The molecule has 33 heavy (non-hydrogen) atoms. The van der Waals surface area contributed by atoms with Crippen LogP contribution in [0.1, 0.15) is 48.9 Å². The van der Waals surface area contributed by atoms with Crippen LogP contribution in [0.2, 0.25) is 5.02 Å². The Morgan fingerprint density at radius 2 is 2.00 bits per heavy atom. The zero-order valence-corrected chi connectivity index (χ0v) is 19.9. The van der Waals surface area contributed by atoms with E-state index >= 15 is 0 Å². The second kappa shape index (κ2) is 9.54. The highest BCUT2D eigenvalue weighted by atomic mass is 35.5. The van der Waals surface area contributed by atoms with Gasteiger partial charge in [0.15, 0.2) is 0 Å². The molecule has 0 spiro atoms. The molecule has 1 saturated carbocycles. The van der Waals surface area contributed by atoms with Crippen LogP contribution >= 0.6 is 11.6 Å². The SMILES string of the molecule is COC[C@H](O)CN1CCC(c2cc3nc(Nc4cnn(C5CC5)c4C)ncc3cc2Cl)CC1. The van der Waals surface area contributed by atoms with Crippen LogP contribution in [0, 0.1) is 6.92 Å². The average molecular weight is 471 g/mol. The van der Waals surface area contributed by atoms with Crippen molar-refractivity contribution in [2.24, 2.45) is 0 Å². The van der Waals surface area contributed by atoms with Crippen LogP contribution in [0.5, 0.6) is 0 Å². The number of nitrogens with zero attached hydrogens (tertiary/aromatic N) is 5. The number of aromatic nitrogens is 4. The van der Waals surface area contributed by atoms with Crippen molar-refractivity contribution < 1.29 is 9.84 Å². The van der Waals surface area contributed by atoms with E-state index < -0.39 is 6.10 Å². The Labute approximate surface area is 198 Å². The average Bonchev–Trinajstić information content (AvgIpc) is 3.58. The fourth-order valence-corrected chi connectivity index (χ4v) is 5.09. The summed E-state index contributed by atoms with van der Waals surface area (Å²) in [6, 6.07) is 4.63. The number of anilines is 2. The number of methoxy groups -OCH3 is 1. The van der Waals surface area contributed by atoms with Gasteiger partial charge < -0.3 is 20.1 Å². The lowest BCUT2D eigenvalue weighted by Gasteiger charge is -2.33. The molecule has 2 aliphatic rings. The summed E-state index contributed by atoms with van der Waals surface area (Å²) in [7, 11) is 1.62. The van der Waals surface area contributed by atoms with Crippen molar-refractivity contribution in [1.82, 2.24) is 24.6 Å². The van der Waals surface area contributed by atoms with Gasteiger partial charge in [-0.1, -0.05) is 11.6 Å². The minimum Gasteiger partial charge on any atom is -0.389 e. The molecule has 2 aromatic heterocycles. The van der Waals surface area contributed by atoms with E-state index in [-0.39, 0.29) is 0 Å². The van der Waals surface area contributed by atoms with Gasteiger partial charge in [0, 0.05) is 30.3 Å². The Kier molecular flexibility index (Phi) is 6.51. The summed E-state index contributed by atoms with van der Waals surface area (Å²) < 4.78 is 7.13. The number of hydrogen-bond acceptors (Lipinski definition) is 7. The van der Waals surface area contributed by atoms with Gasteiger partial charge in [-0.15, -0.1) is 0 Å². The molecule has 2 fully saturated rings. The van der Waals surface area contributed by atoms with E-state index in [1.807, 2.05) is 18.5 Å². The van der Waals surface area contributed by atoms with Gasteiger partial charge in [0.2, 0.25) is 5.95 Å². The lowest BCUT2D eigenvalue weighted by molar-refractivity contribution is 0.0320. The minimum atomic E-state index is -0.446. The van der Waals surface area contributed by atoms with E-state index in [1.165, 1.54) is 12.8 Å². The molecule has 1 aliphatic heterocycles. The third-order valence-electron chi connectivity index (χ3n) is 6.74. The molecule has 3 heterocycles. The Hall–Kier alpha value is -2.26. The largest absolute Gasteiger partial charge is 0.389 e. The van der Waals surface area contributed by atoms with E-state index in [0.29, 0.717) is 31.1 Å². The maximum absolute atomic E-state index is 10.0. The number of nitrogens with one attached hydrogen (secondary N) is 1. The number of piperidine rings is 1. The molecule has 176 valence electrons. The standard InChI is InChI=1S/C24H31ClN6O2/c1-15-23(12-27-31(15)18-3-4-18)29-24-26-11-17-9-21(25)20(10-22(17)28-24)16-5-7-30(8-6-16)13-19(32)14-33-2/h9-12,16,18-19,32H,3-8,13-14H2,1-2H3,(H,26,28,29)/t19-/m1/s1. The lowest BCUT2D eigenvalue weighted by atomic mass is 9.88. The van der Waals surface area contributed by atoms with Crippen molar-refractivity contribution in [2.75, 3.05) is 38.7 Å². The molecule has 1 saturated heterocycles. The van der Waals surface area contributed by atoms with Crippen LogP contribution in [-0.2, 0) is 4.74 Å². The first-order valence-corrected chi connectivity index (χ1v) is 12.1. The molecule has 5 rings (SSSR count). The number of β-amino-alcohol motifs (C(OH)–C–C–N with tert-alkyl or cyclic N) is 1. The predicted octanol–water partition coefficient (Wildman–Crippen LogP) is 4.05. The Morgan fingerprint density at radius 3 is 2.73 bits per heavy atom. The molecule has 8 nitrogen and oxygen atoms in total. The number of rotatable bonds is 8. The highest BCUT2D eigenvalue weighted by Crippen LogP contribution is 2.37. The zero-order valence-electron chi connectivity index (χ0n) is 19.2. The summed E-state index contributed by atoms with van der Waals surface area (Å²) in [6.45, 7) is 4.95. The molecule has 3 aromatic rings. The van der Waals surface area contributed by atoms with Crippen LogP contribution in [0.25, 0.3) is 10.9 Å². The summed E-state index contributed by atoms with van der Waals surface area (Å²) in [4.78, 5) is 11.6. The number of benzene rings is 1. The van der Waals surface area contributed by atoms with E-state index in [2.05, 4.69) is 38.0 Å². The summed E-state index contributed by atoms with van der Waals surface area (Å²) in [6.07, 6.45) is 7.63. The lowest BCUT2D eigenvalue weighted by Crippen LogP contribution is -2.39. The van der Waals surface area contributed by atoms with Crippen molar-refractivity contribution in [1.29, 1.82) is 0 Å².